The van der Waals surface area contributed by atoms with Crippen LogP contribution in [0.4, 0.5) is 0 Å². The molecule has 2 aromatic carbocycles. The van der Waals surface area contributed by atoms with Crippen molar-refractivity contribution in [1.29, 1.82) is 0 Å². The van der Waals surface area contributed by atoms with Crippen molar-refractivity contribution in [1.82, 2.24) is 4.90 Å². The Morgan fingerprint density at radius 2 is 0.870 bits per heavy atom. The molecule has 0 aliphatic carbocycles. The number of carbonyl (C=O) groups excluding carboxylic acids is 4. The van der Waals surface area contributed by atoms with E-state index < -0.39 is 0 Å². The maximum Gasteiger partial charge on any atom is 0.306 e. The molecular weight excluding hydrogens is 682 g/mol. The van der Waals surface area contributed by atoms with E-state index in [9.17, 15) is 19.2 Å². The van der Waals surface area contributed by atoms with E-state index in [2.05, 4.69) is 44.4 Å². The molecule has 0 radical (unpaired) electrons. The average Bonchev–Trinajstić information content (AvgIpc) is 3.15. The highest BCUT2D eigenvalue weighted by atomic mass is 16.5. The summed E-state index contributed by atoms with van der Waals surface area (Å²) in [5.74, 6) is -0.458. The predicted octanol–water partition coefficient (Wildman–Crippen LogP) is 10.1. The summed E-state index contributed by atoms with van der Waals surface area (Å²) >= 11 is 0. The van der Waals surface area contributed by atoms with Gasteiger partial charge in [0.25, 0.3) is 0 Å². The lowest BCUT2D eigenvalue weighted by Crippen LogP contribution is -2.60. The highest BCUT2D eigenvalue weighted by molar-refractivity contribution is 5.70. The molecule has 2 aromatic rings. The van der Waals surface area contributed by atoms with Crippen LogP contribution in [0, 0.1) is 0 Å². The van der Waals surface area contributed by atoms with E-state index in [-0.39, 0.29) is 41.1 Å². The van der Waals surface area contributed by atoms with Gasteiger partial charge in [0.2, 0.25) is 0 Å². The molecule has 1 fully saturated rings. The lowest BCUT2D eigenvalue weighted by atomic mass is 9.79. The van der Waals surface area contributed by atoms with Crippen LogP contribution < -0.4 is 0 Å². The van der Waals surface area contributed by atoms with Crippen molar-refractivity contribution in [3.05, 3.63) is 71.8 Å². The van der Waals surface area contributed by atoms with E-state index in [0.717, 1.165) is 101 Å². The van der Waals surface area contributed by atoms with Crippen molar-refractivity contribution in [2.45, 2.75) is 174 Å². The van der Waals surface area contributed by atoms with Crippen LogP contribution in [0.25, 0.3) is 0 Å². The smallest absolute Gasteiger partial charge is 0.306 e. The second-order valence-electron chi connectivity index (χ2n) is 15.8. The highest BCUT2D eigenvalue weighted by Crippen LogP contribution is 2.38. The monoisotopic (exact) mass is 752 g/mol. The molecule has 0 bridgehead atoms. The molecule has 0 unspecified atom stereocenters. The first-order valence-electron chi connectivity index (χ1n) is 20.2. The second-order valence-corrected chi connectivity index (χ2v) is 15.8. The van der Waals surface area contributed by atoms with Crippen molar-refractivity contribution in [2.75, 3.05) is 14.2 Å². The maximum absolute atomic E-state index is 12.2. The average molecular weight is 752 g/mol. The minimum atomic E-state index is -0.134. The zero-order valence-electron chi connectivity index (χ0n) is 34.2. The SMILES string of the molecule is COC(=O)CCCCCCCCC(=O)OC1CC(C)(C)N(C)C(C)(C)C1.O=C(CCCCCCCCC(=O)OCc1ccccc1)OCc1ccccc1. The summed E-state index contributed by atoms with van der Waals surface area (Å²) in [6, 6.07) is 19.4. The first kappa shape index (κ1) is 46.4. The third-order valence-corrected chi connectivity index (χ3v) is 10.3. The van der Waals surface area contributed by atoms with Crippen LogP contribution in [-0.4, -0.2) is 60.1 Å². The quantitative estimate of drug-likeness (QED) is 0.0623. The van der Waals surface area contributed by atoms with Crippen molar-refractivity contribution < 1.29 is 38.1 Å². The van der Waals surface area contributed by atoms with Crippen LogP contribution >= 0.6 is 0 Å². The summed E-state index contributed by atoms with van der Waals surface area (Å²) in [5.41, 5.74) is 2.10. The van der Waals surface area contributed by atoms with E-state index in [1.807, 2.05) is 60.7 Å². The molecule has 0 spiro atoms. The molecule has 9 nitrogen and oxygen atoms in total. The van der Waals surface area contributed by atoms with Crippen molar-refractivity contribution in [3.8, 4) is 0 Å². The van der Waals surface area contributed by atoms with E-state index in [1.165, 1.54) is 7.11 Å². The van der Waals surface area contributed by atoms with E-state index >= 15 is 0 Å². The molecule has 1 aliphatic rings. The lowest BCUT2D eigenvalue weighted by Gasteiger charge is -2.53. The number of likely N-dealkylation sites (tertiary alicyclic amines) is 1. The Morgan fingerprint density at radius 3 is 1.24 bits per heavy atom. The predicted molar refractivity (Wildman–Crippen MR) is 213 cm³/mol. The van der Waals surface area contributed by atoms with Crippen molar-refractivity contribution in [3.63, 3.8) is 0 Å². The van der Waals surface area contributed by atoms with Gasteiger partial charge < -0.3 is 18.9 Å². The third-order valence-electron chi connectivity index (χ3n) is 10.3. The number of hydrogen-bond acceptors (Lipinski definition) is 9. The molecule has 54 heavy (non-hydrogen) atoms. The Balaban J connectivity index is 0.000000375. The molecule has 1 aliphatic heterocycles. The molecule has 0 N–H and O–H groups in total. The number of benzene rings is 2. The normalized spacial score (nSPS) is 15.0. The number of carbonyl (C=O) groups is 4. The third kappa shape index (κ3) is 20.7. The molecule has 9 heteroatoms. The molecular formula is C45H69NO8. The number of rotatable bonds is 23. The summed E-state index contributed by atoms with van der Waals surface area (Å²) in [7, 11) is 3.58. The summed E-state index contributed by atoms with van der Waals surface area (Å²) in [6.45, 7) is 9.56. The van der Waals surface area contributed by atoms with Gasteiger partial charge >= 0.3 is 23.9 Å². The van der Waals surface area contributed by atoms with Crippen molar-refractivity contribution >= 4 is 23.9 Å². The van der Waals surface area contributed by atoms with Crippen LogP contribution in [0.2, 0.25) is 0 Å². The summed E-state index contributed by atoms with van der Waals surface area (Å²) in [6.07, 6.45) is 15.7. The molecule has 0 saturated carbocycles. The second kappa shape index (κ2) is 26.1. The zero-order chi connectivity index (χ0) is 39.7. The van der Waals surface area contributed by atoms with Gasteiger partial charge in [-0.3, -0.25) is 24.1 Å². The minimum absolute atomic E-state index is 0.0158. The van der Waals surface area contributed by atoms with Gasteiger partial charge in [0, 0.05) is 49.6 Å². The number of nitrogens with zero attached hydrogens (tertiary/aromatic N) is 1. The molecule has 0 atom stereocenters. The summed E-state index contributed by atoms with van der Waals surface area (Å²) in [4.78, 5) is 49.0. The molecule has 0 aromatic heterocycles. The summed E-state index contributed by atoms with van der Waals surface area (Å²) in [5, 5.41) is 0. The van der Waals surface area contributed by atoms with Crippen LogP contribution in [0.3, 0.4) is 0 Å². The van der Waals surface area contributed by atoms with Crippen LogP contribution in [0.15, 0.2) is 60.7 Å². The Bertz CT molecular complexity index is 1260. The van der Waals surface area contributed by atoms with Gasteiger partial charge in [-0.15, -0.1) is 0 Å². The van der Waals surface area contributed by atoms with E-state index in [1.54, 1.807) is 0 Å². The standard InChI is InChI=1S/C24H30O4.C21H39NO4/c25-23(27-19-21-13-7-5-8-14-21)17-11-3-1-2-4-12-18-24(26)28-20-22-15-9-6-10-16-22;1-20(2)15-17(16-21(3,4)22(20)5)26-19(24)14-12-10-8-7-9-11-13-18(23)25-6/h5-10,13-16H,1-4,11-12,17-20H2;17H,7-16H2,1-6H3. The van der Waals surface area contributed by atoms with E-state index in [0.29, 0.717) is 38.9 Å². The van der Waals surface area contributed by atoms with Crippen LogP contribution in [-0.2, 0) is 51.3 Å². The largest absolute Gasteiger partial charge is 0.469 e. The number of methoxy groups -OCH3 is 1. The number of hydrogen-bond donors (Lipinski definition) is 0. The van der Waals surface area contributed by atoms with Crippen molar-refractivity contribution in [2.24, 2.45) is 0 Å². The highest BCUT2D eigenvalue weighted by Gasteiger charge is 2.44. The van der Waals surface area contributed by atoms with Gasteiger partial charge in [-0.2, -0.15) is 0 Å². The van der Waals surface area contributed by atoms with Gasteiger partial charge in [-0.1, -0.05) is 112 Å². The van der Waals surface area contributed by atoms with Crippen LogP contribution in [0.5, 0.6) is 0 Å². The number of piperidine rings is 1. The number of esters is 4. The fourth-order valence-electron chi connectivity index (χ4n) is 6.82. The maximum atomic E-state index is 12.2. The van der Waals surface area contributed by atoms with Gasteiger partial charge in [0.1, 0.15) is 19.3 Å². The topological polar surface area (TPSA) is 108 Å². The van der Waals surface area contributed by atoms with Gasteiger partial charge in [-0.05, 0) is 71.6 Å². The van der Waals surface area contributed by atoms with Gasteiger partial charge in [0.05, 0.1) is 7.11 Å². The molecule has 3 rings (SSSR count). The fraction of sp³-hybridized carbons (Fsp3) is 0.644. The Morgan fingerprint density at radius 1 is 0.537 bits per heavy atom. The lowest BCUT2D eigenvalue weighted by molar-refractivity contribution is -0.159. The molecule has 1 saturated heterocycles. The Hall–Kier alpha value is -3.72. The number of ether oxygens (including phenoxy) is 4. The Kier molecular flexibility index (Phi) is 22.5. The zero-order valence-corrected chi connectivity index (χ0v) is 34.2. The first-order chi connectivity index (χ1) is 25.8. The first-order valence-corrected chi connectivity index (χ1v) is 20.2. The van der Waals surface area contributed by atoms with Crippen LogP contribution in [0.1, 0.15) is 154 Å². The molecule has 0 amide bonds. The Labute approximate surface area is 325 Å². The molecule has 302 valence electrons. The fourth-order valence-corrected chi connectivity index (χ4v) is 6.82. The summed E-state index contributed by atoms with van der Waals surface area (Å²) < 4.78 is 20.9. The van der Waals surface area contributed by atoms with E-state index in [4.69, 9.17) is 14.2 Å². The van der Waals surface area contributed by atoms with Gasteiger partial charge in [-0.25, -0.2) is 0 Å². The van der Waals surface area contributed by atoms with Gasteiger partial charge in [0.15, 0.2) is 0 Å². The molecule has 1 heterocycles. The number of unbranched alkanes of at least 4 members (excludes halogenated alkanes) is 10. The minimum Gasteiger partial charge on any atom is -0.469 e.